The summed E-state index contributed by atoms with van der Waals surface area (Å²) in [7, 11) is 0. The molecule has 1 aromatic rings. The maximum atomic E-state index is 12.7. The number of aliphatic hydroxyl groups excluding tert-OH is 2. The van der Waals surface area contributed by atoms with Gasteiger partial charge in [0, 0.05) is 13.0 Å². The summed E-state index contributed by atoms with van der Waals surface area (Å²) >= 11 is 5.51. The minimum atomic E-state index is -0.789. The first-order valence-electron chi connectivity index (χ1n) is 3.89. The molecule has 1 atom stereocenters. The summed E-state index contributed by atoms with van der Waals surface area (Å²) < 4.78 is 12.7. The molecule has 0 saturated carbocycles. The van der Waals surface area contributed by atoms with Crippen molar-refractivity contribution in [3.05, 3.63) is 34.6 Å². The van der Waals surface area contributed by atoms with Gasteiger partial charge in [0.25, 0.3) is 0 Å². The van der Waals surface area contributed by atoms with Gasteiger partial charge in [0.1, 0.15) is 5.82 Å². The van der Waals surface area contributed by atoms with Crippen LogP contribution in [0.5, 0.6) is 0 Å². The Morgan fingerprint density at radius 3 is 2.69 bits per heavy atom. The average Bonchev–Trinajstić information content (AvgIpc) is 2.10. The van der Waals surface area contributed by atoms with E-state index in [-0.39, 0.29) is 18.1 Å². The third kappa shape index (κ3) is 2.66. The SMILES string of the molecule is OCC[C@@H](O)c1ccc(F)c(Cl)c1. The Balaban J connectivity index is 2.84. The molecule has 0 saturated heterocycles. The normalized spacial score (nSPS) is 12.9. The third-order valence-electron chi connectivity index (χ3n) is 1.73. The van der Waals surface area contributed by atoms with Crippen molar-refractivity contribution in [2.75, 3.05) is 6.61 Å². The van der Waals surface area contributed by atoms with Gasteiger partial charge >= 0.3 is 0 Å². The van der Waals surface area contributed by atoms with Gasteiger partial charge in [-0.3, -0.25) is 0 Å². The minimum absolute atomic E-state index is 0.0190. The summed E-state index contributed by atoms with van der Waals surface area (Å²) in [5, 5.41) is 17.9. The smallest absolute Gasteiger partial charge is 0.141 e. The Hall–Kier alpha value is -0.640. The number of aliphatic hydroxyl groups is 2. The van der Waals surface area contributed by atoms with Gasteiger partial charge in [-0.05, 0) is 17.7 Å². The molecular weight excluding hydrogens is 195 g/mol. The topological polar surface area (TPSA) is 40.5 Å². The van der Waals surface area contributed by atoms with Gasteiger partial charge in [-0.25, -0.2) is 4.39 Å². The second-order valence-corrected chi connectivity index (χ2v) is 3.11. The molecule has 0 radical (unpaired) electrons. The van der Waals surface area contributed by atoms with E-state index in [1.807, 2.05) is 0 Å². The van der Waals surface area contributed by atoms with Crippen LogP contribution >= 0.6 is 11.6 Å². The van der Waals surface area contributed by atoms with Crippen LogP contribution in [0.2, 0.25) is 5.02 Å². The Morgan fingerprint density at radius 1 is 1.46 bits per heavy atom. The van der Waals surface area contributed by atoms with E-state index >= 15 is 0 Å². The molecule has 0 aliphatic rings. The summed E-state index contributed by atoms with van der Waals surface area (Å²) in [5.41, 5.74) is 0.514. The molecule has 0 aliphatic carbocycles. The molecule has 0 unspecified atom stereocenters. The number of rotatable bonds is 3. The predicted octanol–water partition coefficient (Wildman–Crippen LogP) is 1.89. The van der Waals surface area contributed by atoms with E-state index in [9.17, 15) is 9.50 Å². The molecule has 72 valence electrons. The lowest BCUT2D eigenvalue weighted by molar-refractivity contribution is 0.134. The summed E-state index contributed by atoms with van der Waals surface area (Å²) in [6, 6.07) is 4.00. The van der Waals surface area contributed by atoms with Gasteiger partial charge in [-0.15, -0.1) is 0 Å². The van der Waals surface area contributed by atoms with E-state index in [1.54, 1.807) is 0 Å². The van der Waals surface area contributed by atoms with E-state index in [1.165, 1.54) is 18.2 Å². The van der Waals surface area contributed by atoms with Crippen LogP contribution in [0.25, 0.3) is 0 Å². The van der Waals surface area contributed by atoms with Crippen LogP contribution in [-0.4, -0.2) is 16.8 Å². The number of hydrogen-bond donors (Lipinski definition) is 2. The summed E-state index contributed by atoms with van der Waals surface area (Å²) in [4.78, 5) is 0. The zero-order valence-electron chi connectivity index (χ0n) is 6.87. The molecular formula is C9H10ClFO2. The lowest BCUT2D eigenvalue weighted by Crippen LogP contribution is -2.00. The van der Waals surface area contributed by atoms with Crippen LogP contribution < -0.4 is 0 Å². The zero-order valence-corrected chi connectivity index (χ0v) is 7.63. The first-order chi connectivity index (χ1) is 6.15. The molecule has 2 N–H and O–H groups in total. The minimum Gasteiger partial charge on any atom is -0.396 e. The van der Waals surface area contributed by atoms with E-state index in [0.717, 1.165) is 0 Å². The first kappa shape index (κ1) is 10.4. The fraction of sp³-hybridized carbons (Fsp3) is 0.333. The van der Waals surface area contributed by atoms with Crippen molar-refractivity contribution in [2.24, 2.45) is 0 Å². The maximum Gasteiger partial charge on any atom is 0.141 e. The Bertz CT molecular complexity index is 291. The molecule has 0 fully saturated rings. The van der Waals surface area contributed by atoms with Crippen molar-refractivity contribution in [1.82, 2.24) is 0 Å². The standard InChI is InChI=1S/C9H10ClFO2/c10-7-5-6(1-2-8(7)11)9(13)3-4-12/h1-2,5,9,12-13H,3-4H2/t9-/m1/s1. The molecule has 0 aliphatic heterocycles. The molecule has 0 aromatic heterocycles. The lowest BCUT2D eigenvalue weighted by Gasteiger charge is -2.09. The summed E-state index contributed by atoms with van der Waals surface area (Å²) in [5.74, 6) is -0.512. The van der Waals surface area contributed by atoms with Gasteiger partial charge in [-0.1, -0.05) is 17.7 Å². The highest BCUT2D eigenvalue weighted by atomic mass is 35.5. The Morgan fingerprint density at radius 2 is 2.15 bits per heavy atom. The van der Waals surface area contributed by atoms with E-state index in [0.29, 0.717) is 5.56 Å². The van der Waals surface area contributed by atoms with Crippen LogP contribution in [0.3, 0.4) is 0 Å². The molecule has 0 heterocycles. The fourth-order valence-corrected chi connectivity index (χ4v) is 1.20. The quantitative estimate of drug-likeness (QED) is 0.790. The molecule has 0 amide bonds. The molecule has 0 spiro atoms. The zero-order chi connectivity index (χ0) is 9.84. The van der Waals surface area contributed by atoms with Crippen molar-refractivity contribution >= 4 is 11.6 Å². The summed E-state index contributed by atoms with van der Waals surface area (Å²) in [6.45, 7) is -0.115. The number of halogens is 2. The van der Waals surface area contributed by atoms with Crippen molar-refractivity contribution in [3.63, 3.8) is 0 Å². The highest BCUT2D eigenvalue weighted by Crippen LogP contribution is 2.22. The molecule has 1 rings (SSSR count). The number of benzene rings is 1. The van der Waals surface area contributed by atoms with Gasteiger partial charge in [-0.2, -0.15) is 0 Å². The van der Waals surface area contributed by atoms with Crippen LogP contribution in [-0.2, 0) is 0 Å². The Kier molecular flexibility index (Phi) is 3.66. The largest absolute Gasteiger partial charge is 0.396 e. The van der Waals surface area contributed by atoms with E-state index in [2.05, 4.69) is 0 Å². The van der Waals surface area contributed by atoms with Crippen molar-refractivity contribution < 1.29 is 14.6 Å². The Labute approximate surface area is 80.6 Å². The van der Waals surface area contributed by atoms with Gasteiger partial charge in [0.05, 0.1) is 11.1 Å². The van der Waals surface area contributed by atoms with Crippen LogP contribution in [0.15, 0.2) is 18.2 Å². The van der Waals surface area contributed by atoms with Gasteiger partial charge in [0.2, 0.25) is 0 Å². The molecule has 2 nitrogen and oxygen atoms in total. The van der Waals surface area contributed by atoms with Gasteiger partial charge in [0.15, 0.2) is 0 Å². The fourth-order valence-electron chi connectivity index (χ4n) is 1.01. The average molecular weight is 205 g/mol. The van der Waals surface area contributed by atoms with Gasteiger partial charge < -0.3 is 10.2 Å². The first-order valence-corrected chi connectivity index (χ1v) is 4.27. The van der Waals surface area contributed by atoms with Crippen LogP contribution in [0, 0.1) is 5.82 Å². The van der Waals surface area contributed by atoms with Crippen molar-refractivity contribution in [1.29, 1.82) is 0 Å². The lowest BCUT2D eigenvalue weighted by atomic mass is 10.1. The predicted molar refractivity (Wildman–Crippen MR) is 48.1 cm³/mol. The van der Waals surface area contributed by atoms with E-state index < -0.39 is 11.9 Å². The van der Waals surface area contributed by atoms with Crippen LogP contribution in [0.1, 0.15) is 18.1 Å². The third-order valence-corrected chi connectivity index (χ3v) is 2.02. The second kappa shape index (κ2) is 4.56. The molecule has 13 heavy (non-hydrogen) atoms. The monoisotopic (exact) mass is 204 g/mol. The van der Waals surface area contributed by atoms with E-state index in [4.69, 9.17) is 16.7 Å². The molecule has 0 bridgehead atoms. The highest BCUT2D eigenvalue weighted by molar-refractivity contribution is 6.30. The maximum absolute atomic E-state index is 12.7. The molecule has 4 heteroatoms. The summed E-state index contributed by atoms with van der Waals surface area (Å²) in [6.07, 6.45) is -0.565. The number of hydrogen-bond acceptors (Lipinski definition) is 2. The van der Waals surface area contributed by atoms with Crippen molar-refractivity contribution in [2.45, 2.75) is 12.5 Å². The molecule has 1 aromatic carbocycles. The highest BCUT2D eigenvalue weighted by Gasteiger charge is 2.08. The second-order valence-electron chi connectivity index (χ2n) is 2.70. The van der Waals surface area contributed by atoms with Crippen molar-refractivity contribution in [3.8, 4) is 0 Å². The van der Waals surface area contributed by atoms with Crippen LogP contribution in [0.4, 0.5) is 4.39 Å².